The first-order chi connectivity index (χ1) is 10.7. The van der Waals surface area contributed by atoms with Crippen LogP contribution in [0.1, 0.15) is 28.2 Å². The number of carbonyl (C=O) groups is 1. The van der Waals surface area contributed by atoms with E-state index in [1.54, 1.807) is 29.5 Å². The molecule has 3 rings (SSSR count). The zero-order valence-electron chi connectivity index (χ0n) is 12.3. The first kappa shape index (κ1) is 14.1. The standard InChI is InChI=1S/C17H16N4O/c1-13-16(12-21(20-13)15-6-4-9-18-11-15)17(22)8-7-14-5-2-3-10-19-14/h2-6,9-12H,7-8H2,1H3. The summed E-state index contributed by atoms with van der Waals surface area (Å²) in [7, 11) is 0. The van der Waals surface area contributed by atoms with Gasteiger partial charge in [-0.05, 0) is 37.6 Å². The first-order valence-corrected chi connectivity index (χ1v) is 7.14. The highest BCUT2D eigenvalue weighted by Crippen LogP contribution is 2.14. The average Bonchev–Trinajstić information content (AvgIpc) is 2.96. The summed E-state index contributed by atoms with van der Waals surface area (Å²) in [5.74, 6) is 0.0818. The van der Waals surface area contributed by atoms with Crippen molar-refractivity contribution < 1.29 is 4.79 Å². The molecule has 110 valence electrons. The van der Waals surface area contributed by atoms with Crippen molar-refractivity contribution in [3.63, 3.8) is 0 Å². The van der Waals surface area contributed by atoms with E-state index >= 15 is 0 Å². The fourth-order valence-electron chi connectivity index (χ4n) is 2.28. The molecule has 3 heterocycles. The fraction of sp³-hybridized carbons (Fsp3) is 0.176. The monoisotopic (exact) mass is 292 g/mol. The highest BCUT2D eigenvalue weighted by molar-refractivity contribution is 5.97. The van der Waals surface area contributed by atoms with E-state index in [0.29, 0.717) is 18.4 Å². The third kappa shape index (κ3) is 3.09. The van der Waals surface area contributed by atoms with E-state index in [4.69, 9.17) is 0 Å². The molecule has 0 aliphatic carbocycles. The van der Waals surface area contributed by atoms with Gasteiger partial charge in [0, 0.05) is 30.7 Å². The molecule has 0 radical (unpaired) electrons. The molecule has 0 saturated carbocycles. The number of hydrogen-bond donors (Lipinski definition) is 0. The molecular formula is C17H16N4O. The maximum Gasteiger partial charge on any atom is 0.166 e. The second-order valence-electron chi connectivity index (χ2n) is 5.03. The van der Waals surface area contributed by atoms with Crippen LogP contribution in [0.3, 0.4) is 0 Å². The normalized spacial score (nSPS) is 10.6. The Morgan fingerprint density at radius 3 is 2.82 bits per heavy atom. The Morgan fingerprint density at radius 2 is 2.09 bits per heavy atom. The Hall–Kier alpha value is -2.82. The number of ketones is 1. The predicted molar refractivity (Wildman–Crippen MR) is 83.0 cm³/mol. The highest BCUT2D eigenvalue weighted by Gasteiger charge is 2.14. The van der Waals surface area contributed by atoms with Crippen LogP contribution in [0.15, 0.2) is 55.1 Å². The number of nitrogens with zero attached hydrogens (tertiary/aromatic N) is 4. The third-order valence-electron chi connectivity index (χ3n) is 3.44. The van der Waals surface area contributed by atoms with Crippen molar-refractivity contribution in [2.45, 2.75) is 19.8 Å². The lowest BCUT2D eigenvalue weighted by Gasteiger charge is -2.00. The van der Waals surface area contributed by atoms with Crippen LogP contribution < -0.4 is 0 Å². The van der Waals surface area contributed by atoms with Gasteiger partial charge in [-0.2, -0.15) is 5.10 Å². The third-order valence-corrected chi connectivity index (χ3v) is 3.44. The first-order valence-electron chi connectivity index (χ1n) is 7.14. The zero-order chi connectivity index (χ0) is 15.4. The average molecular weight is 292 g/mol. The smallest absolute Gasteiger partial charge is 0.166 e. The largest absolute Gasteiger partial charge is 0.294 e. The second kappa shape index (κ2) is 6.30. The van der Waals surface area contributed by atoms with Gasteiger partial charge < -0.3 is 0 Å². The minimum atomic E-state index is 0.0818. The minimum absolute atomic E-state index is 0.0818. The number of aryl methyl sites for hydroxylation is 2. The number of aromatic nitrogens is 4. The van der Waals surface area contributed by atoms with Crippen LogP contribution in [-0.4, -0.2) is 25.5 Å². The van der Waals surface area contributed by atoms with E-state index < -0.39 is 0 Å². The van der Waals surface area contributed by atoms with Gasteiger partial charge in [-0.25, -0.2) is 4.68 Å². The van der Waals surface area contributed by atoms with Crippen LogP contribution >= 0.6 is 0 Å². The molecule has 3 aromatic rings. The second-order valence-corrected chi connectivity index (χ2v) is 5.03. The molecule has 0 aromatic carbocycles. The van der Waals surface area contributed by atoms with E-state index in [1.165, 1.54) is 0 Å². The lowest BCUT2D eigenvalue weighted by molar-refractivity contribution is 0.0982. The molecule has 0 aliphatic heterocycles. The van der Waals surface area contributed by atoms with Gasteiger partial charge in [0.05, 0.1) is 23.1 Å². The number of carbonyl (C=O) groups excluding carboxylic acids is 1. The van der Waals surface area contributed by atoms with Crippen LogP contribution in [0, 0.1) is 6.92 Å². The van der Waals surface area contributed by atoms with Gasteiger partial charge in [-0.1, -0.05) is 6.07 Å². The molecule has 0 spiro atoms. The summed E-state index contributed by atoms with van der Waals surface area (Å²) in [6, 6.07) is 9.47. The molecule has 0 N–H and O–H groups in total. The summed E-state index contributed by atoms with van der Waals surface area (Å²) in [6.45, 7) is 1.85. The SMILES string of the molecule is Cc1nn(-c2cccnc2)cc1C(=O)CCc1ccccn1. The quantitative estimate of drug-likeness (QED) is 0.678. The summed E-state index contributed by atoms with van der Waals surface area (Å²) in [6.07, 6.45) is 8.00. The van der Waals surface area contributed by atoms with Crippen molar-refractivity contribution in [2.24, 2.45) is 0 Å². The van der Waals surface area contributed by atoms with Gasteiger partial charge in [0.1, 0.15) is 0 Å². The number of pyridine rings is 2. The van der Waals surface area contributed by atoms with Gasteiger partial charge in [0.25, 0.3) is 0 Å². The molecule has 0 fully saturated rings. The summed E-state index contributed by atoms with van der Waals surface area (Å²) in [4.78, 5) is 20.7. The molecule has 0 amide bonds. The summed E-state index contributed by atoms with van der Waals surface area (Å²) in [5.41, 5.74) is 3.15. The van der Waals surface area contributed by atoms with Crippen LogP contribution in [0.5, 0.6) is 0 Å². The zero-order valence-corrected chi connectivity index (χ0v) is 12.3. The van der Waals surface area contributed by atoms with Crippen LogP contribution in [-0.2, 0) is 6.42 Å². The van der Waals surface area contributed by atoms with Gasteiger partial charge in [-0.3, -0.25) is 14.8 Å². The van der Waals surface area contributed by atoms with Crippen molar-refractivity contribution >= 4 is 5.78 Å². The Kier molecular flexibility index (Phi) is 4.05. The van der Waals surface area contributed by atoms with Gasteiger partial charge in [0.2, 0.25) is 0 Å². The highest BCUT2D eigenvalue weighted by atomic mass is 16.1. The van der Waals surface area contributed by atoms with E-state index in [0.717, 1.165) is 17.1 Å². The minimum Gasteiger partial charge on any atom is -0.294 e. The number of Topliss-reactive ketones (excluding diaryl/α,β-unsaturated/α-hetero) is 1. The maximum absolute atomic E-state index is 12.4. The number of rotatable bonds is 5. The topological polar surface area (TPSA) is 60.7 Å². The van der Waals surface area contributed by atoms with Crippen molar-refractivity contribution in [2.75, 3.05) is 0 Å². The molecule has 0 bridgehead atoms. The van der Waals surface area contributed by atoms with Crippen LogP contribution in [0.25, 0.3) is 5.69 Å². The van der Waals surface area contributed by atoms with Gasteiger partial charge in [0.15, 0.2) is 5.78 Å². The van der Waals surface area contributed by atoms with E-state index in [-0.39, 0.29) is 5.78 Å². The van der Waals surface area contributed by atoms with E-state index in [1.807, 2.05) is 37.3 Å². The van der Waals surface area contributed by atoms with E-state index in [9.17, 15) is 4.79 Å². The summed E-state index contributed by atoms with van der Waals surface area (Å²) in [5, 5.41) is 4.40. The Balaban J connectivity index is 1.74. The maximum atomic E-state index is 12.4. The lowest BCUT2D eigenvalue weighted by Crippen LogP contribution is -2.02. The van der Waals surface area contributed by atoms with Crippen LogP contribution in [0.2, 0.25) is 0 Å². The molecule has 22 heavy (non-hydrogen) atoms. The van der Waals surface area contributed by atoms with Crippen molar-refractivity contribution in [1.29, 1.82) is 0 Å². The molecule has 0 atom stereocenters. The Bertz CT molecular complexity index is 766. The summed E-state index contributed by atoms with van der Waals surface area (Å²) < 4.78 is 1.69. The molecule has 0 unspecified atom stereocenters. The van der Waals surface area contributed by atoms with Crippen LogP contribution in [0.4, 0.5) is 0 Å². The molecule has 5 heteroatoms. The van der Waals surface area contributed by atoms with E-state index in [2.05, 4.69) is 15.1 Å². The molecule has 0 saturated heterocycles. The van der Waals surface area contributed by atoms with Crippen molar-refractivity contribution in [1.82, 2.24) is 19.7 Å². The molecule has 3 aromatic heterocycles. The fourth-order valence-corrected chi connectivity index (χ4v) is 2.28. The molecule has 5 nitrogen and oxygen atoms in total. The van der Waals surface area contributed by atoms with Crippen molar-refractivity contribution in [3.8, 4) is 5.69 Å². The summed E-state index contributed by atoms with van der Waals surface area (Å²) >= 11 is 0. The lowest BCUT2D eigenvalue weighted by atomic mass is 10.1. The van der Waals surface area contributed by atoms with Gasteiger partial charge in [-0.15, -0.1) is 0 Å². The van der Waals surface area contributed by atoms with Crippen molar-refractivity contribution in [3.05, 3.63) is 72.1 Å². The predicted octanol–water partition coefficient (Wildman–Crippen LogP) is 2.79. The number of hydrogen-bond acceptors (Lipinski definition) is 4. The molecular weight excluding hydrogens is 276 g/mol. The Labute approximate surface area is 128 Å². The van der Waals surface area contributed by atoms with Gasteiger partial charge >= 0.3 is 0 Å². The molecule has 0 aliphatic rings. The Morgan fingerprint density at radius 1 is 1.18 bits per heavy atom.